The van der Waals surface area contributed by atoms with Crippen molar-refractivity contribution in [3.05, 3.63) is 28.3 Å². The van der Waals surface area contributed by atoms with Crippen molar-refractivity contribution in [2.75, 3.05) is 17.7 Å². The number of anilines is 1. The number of nitrogen functional groups attached to an aromatic ring is 1. The molecule has 0 saturated carbocycles. The molecule has 118 valence electrons. The lowest BCUT2D eigenvalue weighted by atomic mass is 10.3. The van der Waals surface area contributed by atoms with Gasteiger partial charge in [-0.15, -0.1) is 0 Å². The number of benzene rings is 1. The maximum Gasteiger partial charge on any atom is 0.293 e. The lowest BCUT2D eigenvalue weighted by Gasteiger charge is -2.13. The Kier molecular flexibility index (Phi) is 5.81. The zero-order chi connectivity index (χ0) is 16.2. The highest BCUT2D eigenvalue weighted by Crippen LogP contribution is 2.24. The molecule has 0 spiro atoms. The van der Waals surface area contributed by atoms with Gasteiger partial charge in [-0.05, 0) is 25.5 Å². The van der Waals surface area contributed by atoms with Crippen LogP contribution in [0.3, 0.4) is 0 Å². The SMILES string of the molecule is CC(CCS(C)=O)NS(=O)(=O)c1ccc(N)c([N+](=O)[O-])c1. The van der Waals surface area contributed by atoms with Crippen molar-refractivity contribution in [1.29, 1.82) is 0 Å². The van der Waals surface area contributed by atoms with Crippen LogP contribution in [0.2, 0.25) is 0 Å². The summed E-state index contributed by atoms with van der Waals surface area (Å²) in [4.78, 5) is 9.81. The van der Waals surface area contributed by atoms with Gasteiger partial charge in [0, 0.05) is 34.9 Å². The summed E-state index contributed by atoms with van der Waals surface area (Å²) >= 11 is 0. The molecule has 0 fully saturated rings. The van der Waals surface area contributed by atoms with E-state index in [4.69, 9.17) is 5.73 Å². The topological polar surface area (TPSA) is 132 Å². The van der Waals surface area contributed by atoms with Crippen LogP contribution in [-0.4, -0.2) is 35.6 Å². The zero-order valence-electron chi connectivity index (χ0n) is 11.6. The fraction of sp³-hybridized carbons (Fsp3) is 0.455. The molecule has 0 aliphatic heterocycles. The minimum atomic E-state index is -3.89. The molecule has 0 bridgehead atoms. The van der Waals surface area contributed by atoms with Gasteiger partial charge in [0.2, 0.25) is 10.0 Å². The van der Waals surface area contributed by atoms with Crippen LogP contribution >= 0.6 is 0 Å². The van der Waals surface area contributed by atoms with Gasteiger partial charge in [-0.1, -0.05) is 0 Å². The van der Waals surface area contributed by atoms with Crippen LogP contribution in [0, 0.1) is 10.1 Å². The Balaban J connectivity index is 2.95. The number of nitrogens with zero attached hydrogens (tertiary/aromatic N) is 1. The first-order chi connectivity index (χ1) is 9.63. The third-order valence-corrected chi connectivity index (χ3v) is 5.10. The van der Waals surface area contributed by atoms with E-state index < -0.39 is 37.5 Å². The number of nitrogens with two attached hydrogens (primary N) is 1. The molecule has 3 N–H and O–H groups in total. The highest BCUT2D eigenvalue weighted by atomic mass is 32.2. The highest BCUT2D eigenvalue weighted by molar-refractivity contribution is 7.89. The van der Waals surface area contributed by atoms with E-state index in [0.717, 1.165) is 6.07 Å². The number of hydrogen-bond acceptors (Lipinski definition) is 6. The lowest BCUT2D eigenvalue weighted by molar-refractivity contribution is -0.384. The van der Waals surface area contributed by atoms with E-state index in [2.05, 4.69) is 4.72 Å². The van der Waals surface area contributed by atoms with Crippen LogP contribution in [0.5, 0.6) is 0 Å². The van der Waals surface area contributed by atoms with Crippen molar-refractivity contribution in [1.82, 2.24) is 4.72 Å². The molecule has 0 saturated heterocycles. The van der Waals surface area contributed by atoms with Gasteiger partial charge in [-0.25, -0.2) is 13.1 Å². The summed E-state index contributed by atoms with van der Waals surface area (Å²) in [5.41, 5.74) is 4.86. The number of nitrogens with one attached hydrogen (secondary N) is 1. The second-order valence-electron chi connectivity index (χ2n) is 4.57. The molecule has 0 amide bonds. The predicted octanol–water partition coefficient (Wildman–Crippen LogP) is 0.612. The number of hydrogen-bond donors (Lipinski definition) is 2. The summed E-state index contributed by atoms with van der Waals surface area (Å²) in [5, 5.41) is 10.8. The Labute approximate surface area is 125 Å². The fourth-order valence-electron chi connectivity index (χ4n) is 1.58. The van der Waals surface area contributed by atoms with Gasteiger partial charge >= 0.3 is 0 Å². The summed E-state index contributed by atoms with van der Waals surface area (Å²) in [5.74, 6) is 0.367. The van der Waals surface area contributed by atoms with Crippen molar-refractivity contribution >= 4 is 32.2 Å². The highest BCUT2D eigenvalue weighted by Gasteiger charge is 2.21. The molecule has 0 aromatic heterocycles. The molecule has 0 aliphatic rings. The predicted molar refractivity (Wildman–Crippen MR) is 80.8 cm³/mol. The minimum Gasteiger partial charge on any atom is -0.393 e. The van der Waals surface area contributed by atoms with Gasteiger partial charge < -0.3 is 5.73 Å². The summed E-state index contributed by atoms with van der Waals surface area (Å²) in [6, 6.07) is 2.87. The maximum absolute atomic E-state index is 12.1. The van der Waals surface area contributed by atoms with E-state index in [1.807, 2.05) is 0 Å². The van der Waals surface area contributed by atoms with Gasteiger partial charge in [-0.3, -0.25) is 14.3 Å². The summed E-state index contributed by atoms with van der Waals surface area (Å²) < 4.78 is 37.6. The summed E-state index contributed by atoms with van der Waals surface area (Å²) in [7, 11) is -4.90. The standard InChI is InChI=1S/C11H17N3O5S2/c1-8(5-6-20(2)17)13-21(18,19)9-3-4-10(12)11(7-9)14(15)16/h3-4,7-8,13H,5-6,12H2,1-2H3. The number of nitro groups is 1. The van der Waals surface area contributed by atoms with Gasteiger partial charge in [0.25, 0.3) is 5.69 Å². The monoisotopic (exact) mass is 335 g/mol. The fourth-order valence-corrected chi connectivity index (χ4v) is 3.57. The first-order valence-corrected chi connectivity index (χ1v) is 9.21. The van der Waals surface area contributed by atoms with Gasteiger partial charge in [0.15, 0.2) is 0 Å². The Morgan fingerprint density at radius 2 is 2.10 bits per heavy atom. The third kappa shape index (κ3) is 5.06. The van der Waals surface area contributed by atoms with Crippen LogP contribution in [0.25, 0.3) is 0 Å². The second kappa shape index (κ2) is 6.96. The molecule has 2 unspecified atom stereocenters. The van der Waals surface area contributed by atoms with Crippen molar-refractivity contribution in [3.63, 3.8) is 0 Å². The molecular weight excluding hydrogens is 318 g/mol. The molecule has 2 atom stereocenters. The van der Waals surface area contributed by atoms with E-state index in [0.29, 0.717) is 12.2 Å². The quantitative estimate of drug-likeness (QED) is 0.426. The number of nitro benzene ring substituents is 1. The van der Waals surface area contributed by atoms with Crippen molar-refractivity contribution in [2.45, 2.75) is 24.3 Å². The molecule has 1 aromatic rings. The van der Waals surface area contributed by atoms with Crippen LogP contribution in [0.15, 0.2) is 23.1 Å². The number of sulfonamides is 1. The first-order valence-electron chi connectivity index (χ1n) is 5.99. The van der Waals surface area contributed by atoms with E-state index in [1.54, 1.807) is 6.92 Å². The minimum absolute atomic E-state index is 0.103. The van der Waals surface area contributed by atoms with E-state index in [9.17, 15) is 22.7 Å². The Morgan fingerprint density at radius 1 is 1.48 bits per heavy atom. The Bertz CT molecular complexity index is 660. The van der Waals surface area contributed by atoms with Crippen LogP contribution in [-0.2, 0) is 20.8 Å². The molecule has 0 heterocycles. The molecule has 1 aromatic carbocycles. The van der Waals surface area contributed by atoms with Crippen LogP contribution in [0.1, 0.15) is 13.3 Å². The summed E-state index contributed by atoms with van der Waals surface area (Å²) in [6.07, 6.45) is 1.93. The lowest BCUT2D eigenvalue weighted by Crippen LogP contribution is -2.33. The molecule has 21 heavy (non-hydrogen) atoms. The largest absolute Gasteiger partial charge is 0.393 e. The van der Waals surface area contributed by atoms with Crippen molar-refractivity contribution in [3.8, 4) is 0 Å². The van der Waals surface area contributed by atoms with Gasteiger partial charge in [0.1, 0.15) is 5.69 Å². The third-order valence-electron chi connectivity index (χ3n) is 2.70. The van der Waals surface area contributed by atoms with Crippen molar-refractivity contribution < 1.29 is 17.6 Å². The van der Waals surface area contributed by atoms with Crippen LogP contribution < -0.4 is 10.5 Å². The molecule has 10 heteroatoms. The second-order valence-corrected chi connectivity index (χ2v) is 7.83. The molecule has 8 nitrogen and oxygen atoms in total. The smallest absolute Gasteiger partial charge is 0.293 e. The van der Waals surface area contributed by atoms with Gasteiger partial charge in [-0.2, -0.15) is 0 Å². The van der Waals surface area contributed by atoms with Crippen LogP contribution in [0.4, 0.5) is 11.4 Å². The molecule has 0 aliphatic carbocycles. The van der Waals surface area contributed by atoms with E-state index >= 15 is 0 Å². The average molecular weight is 335 g/mol. The van der Waals surface area contributed by atoms with Gasteiger partial charge in [0.05, 0.1) is 9.82 Å². The summed E-state index contributed by atoms with van der Waals surface area (Å²) in [6.45, 7) is 1.64. The molecule has 0 radical (unpaired) electrons. The first kappa shape index (κ1) is 17.5. The van der Waals surface area contributed by atoms with E-state index in [-0.39, 0.29) is 10.6 Å². The van der Waals surface area contributed by atoms with E-state index in [1.165, 1.54) is 18.4 Å². The Morgan fingerprint density at radius 3 is 2.62 bits per heavy atom. The zero-order valence-corrected chi connectivity index (χ0v) is 13.2. The average Bonchev–Trinajstić information content (AvgIpc) is 2.35. The maximum atomic E-state index is 12.1. The molecular formula is C11H17N3O5S2. The Hall–Kier alpha value is -1.52. The molecule has 1 rings (SSSR count). The number of rotatable bonds is 7. The van der Waals surface area contributed by atoms with Crippen molar-refractivity contribution in [2.24, 2.45) is 0 Å². The normalized spacial score (nSPS) is 14.6.